The Labute approximate surface area is 242 Å². The fraction of sp³-hybridized carbons (Fsp3) is 0. The Balaban J connectivity index is 1.50. The van der Waals surface area contributed by atoms with E-state index in [9.17, 15) is 0 Å². The van der Waals surface area contributed by atoms with Gasteiger partial charge in [-0.05, 0) is 61.5 Å². The molecule has 2 heteroatoms. The van der Waals surface area contributed by atoms with Crippen LogP contribution in [0.1, 0.15) is 0 Å². The Morgan fingerprint density at radius 3 is 1.64 bits per heavy atom. The molecule has 42 heavy (non-hydrogen) atoms. The number of hydrogen-bond donors (Lipinski definition) is 0. The van der Waals surface area contributed by atoms with Gasteiger partial charge in [0.2, 0.25) is 0 Å². The van der Waals surface area contributed by atoms with E-state index in [4.69, 9.17) is 8.83 Å². The van der Waals surface area contributed by atoms with Gasteiger partial charge >= 0.3 is 0 Å². The van der Waals surface area contributed by atoms with E-state index in [1.165, 1.54) is 49.4 Å². The van der Waals surface area contributed by atoms with Crippen LogP contribution in [0, 0.1) is 0 Å². The molecule has 9 aromatic rings. The molecule has 0 saturated carbocycles. The maximum Gasteiger partial charge on any atom is 0.139 e. The lowest BCUT2D eigenvalue weighted by Crippen LogP contribution is -1.93. The van der Waals surface area contributed by atoms with Crippen LogP contribution >= 0.6 is 0 Å². The van der Waals surface area contributed by atoms with Gasteiger partial charge < -0.3 is 8.83 Å². The third-order valence-electron chi connectivity index (χ3n) is 8.56. The molecule has 0 amide bonds. The Bertz CT molecular complexity index is 2400. The molecule has 0 unspecified atom stereocenters. The summed E-state index contributed by atoms with van der Waals surface area (Å²) in [6, 6.07) is 49.5. The fourth-order valence-corrected chi connectivity index (χ4v) is 6.84. The van der Waals surface area contributed by atoms with Crippen molar-refractivity contribution in [3.63, 3.8) is 0 Å². The minimum absolute atomic E-state index is 0.822. The molecule has 0 bridgehead atoms. The Morgan fingerprint density at radius 1 is 0.357 bits per heavy atom. The number of fused-ring (bicyclic) bond motifs is 6. The molecule has 0 aliphatic heterocycles. The van der Waals surface area contributed by atoms with Crippen LogP contribution in [0.2, 0.25) is 0 Å². The molecular formula is C40H24O2. The van der Waals surface area contributed by atoms with Gasteiger partial charge in [0.1, 0.15) is 16.7 Å². The number of rotatable bonds is 3. The quantitative estimate of drug-likeness (QED) is 0.210. The molecule has 2 aromatic heterocycles. The summed E-state index contributed by atoms with van der Waals surface area (Å²) >= 11 is 0. The largest absolute Gasteiger partial charge is 0.464 e. The Morgan fingerprint density at radius 2 is 0.929 bits per heavy atom. The molecular weight excluding hydrogens is 512 g/mol. The summed E-state index contributed by atoms with van der Waals surface area (Å²) < 4.78 is 12.4. The second-order valence-corrected chi connectivity index (χ2v) is 10.8. The highest BCUT2D eigenvalue weighted by Gasteiger charge is 2.24. The molecule has 196 valence electrons. The van der Waals surface area contributed by atoms with E-state index in [1.54, 1.807) is 6.26 Å². The highest BCUT2D eigenvalue weighted by molar-refractivity contribution is 6.30. The van der Waals surface area contributed by atoms with Crippen LogP contribution in [0.3, 0.4) is 0 Å². The summed E-state index contributed by atoms with van der Waals surface area (Å²) in [6.07, 6.45) is 1.78. The normalized spacial score (nSPS) is 11.8. The molecule has 7 aromatic carbocycles. The van der Waals surface area contributed by atoms with Gasteiger partial charge in [0.25, 0.3) is 0 Å². The molecule has 0 spiro atoms. The first kappa shape index (κ1) is 23.1. The Kier molecular flexibility index (Phi) is 4.93. The lowest BCUT2D eigenvalue weighted by molar-refractivity contribution is 0.613. The summed E-state index contributed by atoms with van der Waals surface area (Å²) in [4.78, 5) is 0. The number of para-hydroxylation sites is 1. The van der Waals surface area contributed by atoms with Crippen molar-refractivity contribution in [1.29, 1.82) is 0 Å². The summed E-state index contributed by atoms with van der Waals surface area (Å²) in [7, 11) is 0. The predicted octanol–water partition coefficient (Wildman–Crippen LogP) is 11.6. The van der Waals surface area contributed by atoms with Crippen molar-refractivity contribution in [2.45, 2.75) is 0 Å². The van der Waals surface area contributed by atoms with Crippen LogP contribution in [0.4, 0.5) is 0 Å². The topological polar surface area (TPSA) is 26.3 Å². The Hall–Kier alpha value is -5.60. The SMILES string of the molecule is c1ccc(-c2ccccc2-c2c3ccccc3c(-c3c4ccoc4cc4oc5ccccc5c34)c3ccccc23)cc1. The molecule has 2 nitrogen and oxygen atoms in total. The lowest BCUT2D eigenvalue weighted by atomic mass is 9.82. The number of benzene rings is 7. The zero-order valence-electron chi connectivity index (χ0n) is 22.7. The van der Waals surface area contributed by atoms with Crippen LogP contribution in [-0.2, 0) is 0 Å². The van der Waals surface area contributed by atoms with Gasteiger partial charge in [0.15, 0.2) is 0 Å². The van der Waals surface area contributed by atoms with Crippen molar-refractivity contribution >= 4 is 54.5 Å². The predicted molar refractivity (Wildman–Crippen MR) is 175 cm³/mol. The highest BCUT2D eigenvalue weighted by Crippen LogP contribution is 2.50. The first-order valence-electron chi connectivity index (χ1n) is 14.3. The van der Waals surface area contributed by atoms with E-state index in [-0.39, 0.29) is 0 Å². The summed E-state index contributed by atoms with van der Waals surface area (Å²) in [6.45, 7) is 0. The molecule has 2 heterocycles. The maximum absolute atomic E-state index is 6.41. The molecule has 0 radical (unpaired) electrons. The van der Waals surface area contributed by atoms with Gasteiger partial charge in [-0.1, -0.05) is 121 Å². The van der Waals surface area contributed by atoms with Gasteiger partial charge in [-0.15, -0.1) is 0 Å². The summed E-state index contributed by atoms with van der Waals surface area (Å²) in [5.74, 6) is 0. The third-order valence-corrected chi connectivity index (χ3v) is 8.56. The average molecular weight is 537 g/mol. The smallest absolute Gasteiger partial charge is 0.139 e. The summed E-state index contributed by atoms with van der Waals surface area (Å²) in [5, 5.41) is 8.15. The van der Waals surface area contributed by atoms with E-state index >= 15 is 0 Å². The minimum Gasteiger partial charge on any atom is -0.464 e. The van der Waals surface area contributed by atoms with Crippen LogP contribution < -0.4 is 0 Å². The maximum atomic E-state index is 6.41. The van der Waals surface area contributed by atoms with Gasteiger partial charge in [-0.2, -0.15) is 0 Å². The second-order valence-electron chi connectivity index (χ2n) is 10.8. The van der Waals surface area contributed by atoms with Crippen molar-refractivity contribution in [2.24, 2.45) is 0 Å². The van der Waals surface area contributed by atoms with Crippen LogP contribution in [0.5, 0.6) is 0 Å². The molecule has 0 aliphatic rings. The van der Waals surface area contributed by atoms with Crippen molar-refractivity contribution in [3.8, 4) is 33.4 Å². The van der Waals surface area contributed by atoms with E-state index in [1.807, 2.05) is 18.2 Å². The van der Waals surface area contributed by atoms with Gasteiger partial charge in [0.05, 0.1) is 6.26 Å². The first-order valence-corrected chi connectivity index (χ1v) is 14.3. The van der Waals surface area contributed by atoms with Crippen molar-refractivity contribution < 1.29 is 8.83 Å². The van der Waals surface area contributed by atoms with E-state index in [0.717, 1.165) is 38.5 Å². The second kappa shape index (κ2) is 8.95. The molecule has 0 fully saturated rings. The minimum atomic E-state index is 0.822. The standard InChI is InChI=1S/C40H24O2/c1-2-12-25(13-3-1)26-14-4-5-15-27(26)37-28-16-6-8-18-30(28)38(31-19-9-7-17-29(31)37)40-33-22-23-41-35(33)24-36-39(40)32-20-10-11-21-34(32)42-36/h1-24H. The lowest BCUT2D eigenvalue weighted by Gasteiger charge is -2.20. The number of furan rings is 2. The summed E-state index contributed by atoms with van der Waals surface area (Å²) in [5.41, 5.74) is 9.79. The molecule has 0 aliphatic carbocycles. The average Bonchev–Trinajstić information content (AvgIpc) is 3.68. The first-order chi connectivity index (χ1) is 20.9. The monoisotopic (exact) mass is 536 g/mol. The fourth-order valence-electron chi connectivity index (χ4n) is 6.84. The molecule has 0 N–H and O–H groups in total. The van der Waals surface area contributed by atoms with Crippen LogP contribution in [-0.4, -0.2) is 0 Å². The third kappa shape index (κ3) is 3.27. The highest BCUT2D eigenvalue weighted by atomic mass is 16.3. The molecule has 9 rings (SSSR count). The van der Waals surface area contributed by atoms with Gasteiger partial charge in [0, 0.05) is 27.8 Å². The van der Waals surface area contributed by atoms with Gasteiger partial charge in [-0.3, -0.25) is 0 Å². The number of hydrogen-bond acceptors (Lipinski definition) is 2. The zero-order valence-corrected chi connectivity index (χ0v) is 22.7. The molecule has 0 saturated heterocycles. The zero-order chi connectivity index (χ0) is 27.6. The van der Waals surface area contributed by atoms with Crippen molar-refractivity contribution in [2.75, 3.05) is 0 Å². The molecule has 0 atom stereocenters. The van der Waals surface area contributed by atoms with E-state index < -0.39 is 0 Å². The van der Waals surface area contributed by atoms with Crippen molar-refractivity contribution in [3.05, 3.63) is 146 Å². The van der Waals surface area contributed by atoms with E-state index in [0.29, 0.717) is 0 Å². The van der Waals surface area contributed by atoms with E-state index in [2.05, 4.69) is 121 Å². The van der Waals surface area contributed by atoms with Crippen molar-refractivity contribution in [1.82, 2.24) is 0 Å². The van der Waals surface area contributed by atoms with Crippen LogP contribution in [0.25, 0.3) is 87.8 Å². The van der Waals surface area contributed by atoms with Gasteiger partial charge in [-0.25, -0.2) is 0 Å². The van der Waals surface area contributed by atoms with Crippen LogP contribution in [0.15, 0.2) is 155 Å².